The van der Waals surface area contributed by atoms with Crippen LogP contribution in [0.15, 0.2) is 5.16 Å². The molecule has 0 aliphatic heterocycles. The Morgan fingerprint density at radius 1 is 1.24 bits per heavy atom. The zero-order chi connectivity index (χ0) is 21.3. The van der Waals surface area contributed by atoms with Gasteiger partial charge in [0.05, 0.1) is 28.8 Å². The number of Topliss-reactive ketones (excluding diaryl/α,β-unsaturated/α-hetero) is 1. The standard InChI is InChI=1S/C22H31N3O3S/c1-7-28-21(27)18-12(2)19(23-14(18)4)20(26)16(6)29-22-24-13(3)15(5)25(22)17-10-8-9-11-17/h16-17,23H,7-11H2,1-6H3/t16-/m1/s1. The van der Waals surface area contributed by atoms with Crippen molar-refractivity contribution in [2.75, 3.05) is 6.61 Å². The minimum Gasteiger partial charge on any atom is -0.462 e. The van der Waals surface area contributed by atoms with E-state index in [9.17, 15) is 9.59 Å². The van der Waals surface area contributed by atoms with Gasteiger partial charge in [0.25, 0.3) is 0 Å². The number of carbonyl (C=O) groups excluding carboxylic acids is 2. The van der Waals surface area contributed by atoms with Crippen LogP contribution < -0.4 is 0 Å². The zero-order valence-corrected chi connectivity index (χ0v) is 19.0. The van der Waals surface area contributed by atoms with Crippen LogP contribution in [0.4, 0.5) is 0 Å². The highest BCUT2D eigenvalue weighted by Gasteiger charge is 2.29. The third-order valence-corrected chi connectivity index (χ3v) is 6.93. The number of ether oxygens (including phenoxy) is 1. The predicted octanol–water partition coefficient (Wildman–Crippen LogP) is 5.10. The molecule has 1 aliphatic carbocycles. The fourth-order valence-corrected chi connectivity index (χ4v) is 5.32. The number of thioether (sulfide) groups is 1. The molecule has 0 spiro atoms. The Hall–Kier alpha value is -2.02. The first-order chi connectivity index (χ1) is 13.8. The maximum absolute atomic E-state index is 13.2. The summed E-state index contributed by atoms with van der Waals surface area (Å²) in [6, 6.07) is 0.478. The van der Waals surface area contributed by atoms with Gasteiger partial charge in [0.1, 0.15) is 0 Å². The van der Waals surface area contributed by atoms with Gasteiger partial charge in [-0.1, -0.05) is 24.6 Å². The molecule has 2 aromatic rings. The van der Waals surface area contributed by atoms with Crippen molar-refractivity contribution in [1.82, 2.24) is 14.5 Å². The Balaban J connectivity index is 1.85. The van der Waals surface area contributed by atoms with Crippen molar-refractivity contribution in [2.45, 2.75) is 83.7 Å². The van der Waals surface area contributed by atoms with Crippen molar-refractivity contribution >= 4 is 23.5 Å². The van der Waals surface area contributed by atoms with Crippen LogP contribution >= 0.6 is 11.8 Å². The maximum atomic E-state index is 13.2. The molecule has 0 saturated heterocycles. The number of nitrogens with one attached hydrogen (secondary N) is 1. The monoisotopic (exact) mass is 417 g/mol. The average Bonchev–Trinajstić information content (AvgIpc) is 3.35. The largest absolute Gasteiger partial charge is 0.462 e. The lowest BCUT2D eigenvalue weighted by atomic mass is 10.1. The summed E-state index contributed by atoms with van der Waals surface area (Å²) in [4.78, 5) is 33.3. The van der Waals surface area contributed by atoms with E-state index < -0.39 is 0 Å². The van der Waals surface area contributed by atoms with Gasteiger partial charge in [0.2, 0.25) is 0 Å². The Labute approximate surface area is 176 Å². The van der Waals surface area contributed by atoms with Gasteiger partial charge in [0, 0.05) is 17.4 Å². The Morgan fingerprint density at radius 3 is 2.52 bits per heavy atom. The summed E-state index contributed by atoms with van der Waals surface area (Å²) in [5.74, 6) is -0.413. The topological polar surface area (TPSA) is 77.0 Å². The molecule has 0 radical (unpaired) electrons. The van der Waals surface area contributed by atoms with Gasteiger partial charge < -0.3 is 14.3 Å². The number of hydrogen-bond donors (Lipinski definition) is 1. The van der Waals surface area contributed by atoms with Gasteiger partial charge >= 0.3 is 5.97 Å². The number of aryl methyl sites for hydroxylation is 2. The lowest BCUT2D eigenvalue weighted by Gasteiger charge is -2.18. The zero-order valence-electron chi connectivity index (χ0n) is 18.2. The third-order valence-electron chi connectivity index (χ3n) is 5.86. The second-order valence-electron chi connectivity index (χ2n) is 7.84. The molecule has 1 atom stereocenters. The van der Waals surface area contributed by atoms with Gasteiger partial charge in [-0.2, -0.15) is 0 Å². The predicted molar refractivity (Wildman–Crippen MR) is 115 cm³/mol. The molecule has 6 nitrogen and oxygen atoms in total. The number of aromatic nitrogens is 3. The Bertz CT molecular complexity index is 922. The van der Waals surface area contributed by atoms with Crippen LogP contribution in [0, 0.1) is 27.7 Å². The highest BCUT2D eigenvalue weighted by atomic mass is 32.2. The van der Waals surface area contributed by atoms with Crippen LogP contribution in [0.3, 0.4) is 0 Å². The number of imidazole rings is 1. The molecule has 1 fully saturated rings. The molecule has 29 heavy (non-hydrogen) atoms. The van der Waals surface area contributed by atoms with Gasteiger partial charge in [-0.05, 0) is 59.9 Å². The van der Waals surface area contributed by atoms with Crippen molar-refractivity contribution in [3.8, 4) is 0 Å². The number of hydrogen-bond acceptors (Lipinski definition) is 5. The number of carbonyl (C=O) groups is 2. The lowest BCUT2D eigenvalue weighted by molar-refractivity contribution is 0.0525. The summed E-state index contributed by atoms with van der Waals surface area (Å²) in [5, 5.41) is 0.599. The molecule has 3 rings (SSSR count). The van der Waals surface area contributed by atoms with Crippen molar-refractivity contribution in [1.29, 1.82) is 0 Å². The SMILES string of the molecule is CCOC(=O)c1c(C)[nH]c(C(=O)[C@@H](C)Sc2nc(C)c(C)n2C2CCCC2)c1C. The summed E-state index contributed by atoms with van der Waals surface area (Å²) in [5.41, 5.74) is 4.49. The average molecular weight is 418 g/mol. The molecule has 1 saturated carbocycles. The van der Waals surface area contributed by atoms with Crippen molar-refractivity contribution in [2.24, 2.45) is 0 Å². The molecule has 7 heteroatoms. The van der Waals surface area contributed by atoms with Crippen molar-refractivity contribution in [3.63, 3.8) is 0 Å². The summed E-state index contributed by atoms with van der Waals surface area (Å²) in [6.07, 6.45) is 4.84. The molecule has 158 valence electrons. The van der Waals surface area contributed by atoms with E-state index in [-0.39, 0.29) is 17.0 Å². The van der Waals surface area contributed by atoms with E-state index in [4.69, 9.17) is 9.72 Å². The normalized spacial score (nSPS) is 15.7. The number of esters is 1. The Kier molecular flexibility index (Phi) is 6.56. The molecule has 2 aromatic heterocycles. The van der Waals surface area contributed by atoms with Crippen LogP contribution in [-0.2, 0) is 4.74 Å². The van der Waals surface area contributed by atoms with Crippen molar-refractivity contribution < 1.29 is 14.3 Å². The molecule has 0 unspecified atom stereocenters. The van der Waals surface area contributed by atoms with E-state index in [0.717, 1.165) is 10.9 Å². The van der Waals surface area contributed by atoms with Gasteiger partial charge in [-0.15, -0.1) is 0 Å². The summed E-state index contributed by atoms with van der Waals surface area (Å²) in [6.45, 7) is 11.7. The molecular weight excluding hydrogens is 386 g/mol. The highest BCUT2D eigenvalue weighted by molar-refractivity contribution is 8.00. The quantitative estimate of drug-likeness (QED) is 0.385. The molecular formula is C22H31N3O3S. The van der Waals surface area contributed by atoms with Gasteiger partial charge in [-0.3, -0.25) is 4.79 Å². The summed E-state index contributed by atoms with van der Waals surface area (Å²) in [7, 11) is 0. The van der Waals surface area contributed by atoms with E-state index in [0.29, 0.717) is 35.2 Å². The summed E-state index contributed by atoms with van der Waals surface area (Å²) < 4.78 is 7.47. The van der Waals surface area contributed by atoms with E-state index in [2.05, 4.69) is 16.5 Å². The molecule has 2 heterocycles. The molecule has 1 aliphatic rings. The van der Waals surface area contributed by atoms with E-state index in [1.54, 1.807) is 20.8 Å². The van der Waals surface area contributed by atoms with Gasteiger partial charge in [0.15, 0.2) is 10.9 Å². The smallest absolute Gasteiger partial charge is 0.340 e. The Morgan fingerprint density at radius 2 is 1.90 bits per heavy atom. The first-order valence-electron chi connectivity index (χ1n) is 10.4. The highest BCUT2D eigenvalue weighted by Crippen LogP contribution is 2.37. The van der Waals surface area contributed by atoms with Crippen molar-refractivity contribution in [3.05, 3.63) is 33.9 Å². The second-order valence-corrected chi connectivity index (χ2v) is 9.15. The van der Waals surface area contributed by atoms with Crippen LogP contribution in [0.2, 0.25) is 0 Å². The number of H-pyrrole nitrogens is 1. The molecule has 0 bridgehead atoms. The third kappa shape index (κ3) is 4.15. The minimum absolute atomic E-state index is 0.0255. The fraction of sp³-hybridized carbons (Fsp3) is 0.591. The van der Waals surface area contributed by atoms with Crippen LogP contribution in [0.1, 0.15) is 89.1 Å². The summed E-state index contributed by atoms with van der Waals surface area (Å²) >= 11 is 1.50. The van der Waals surface area contributed by atoms with Crippen LogP contribution in [0.5, 0.6) is 0 Å². The lowest BCUT2D eigenvalue weighted by Crippen LogP contribution is -2.17. The first kappa shape index (κ1) is 21.7. The van der Waals surface area contributed by atoms with E-state index in [1.165, 1.54) is 43.1 Å². The minimum atomic E-state index is -0.388. The first-order valence-corrected chi connectivity index (χ1v) is 11.3. The van der Waals surface area contributed by atoms with E-state index in [1.807, 2.05) is 13.8 Å². The number of nitrogens with zero attached hydrogens (tertiary/aromatic N) is 2. The van der Waals surface area contributed by atoms with Crippen LogP contribution in [0.25, 0.3) is 0 Å². The molecule has 1 N–H and O–H groups in total. The maximum Gasteiger partial charge on any atom is 0.340 e. The number of ketones is 1. The number of aromatic amines is 1. The van der Waals surface area contributed by atoms with Crippen LogP contribution in [-0.4, -0.2) is 38.1 Å². The fourth-order valence-electron chi connectivity index (χ4n) is 4.19. The number of rotatable bonds is 7. The molecule has 0 aromatic carbocycles. The second kappa shape index (κ2) is 8.78. The van der Waals surface area contributed by atoms with Gasteiger partial charge in [-0.25, -0.2) is 9.78 Å². The molecule has 0 amide bonds. The van der Waals surface area contributed by atoms with E-state index >= 15 is 0 Å².